The molecule has 1 aromatic carbocycles. The van der Waals surface area contributed by atoms with Gasteiger partial charge in [0.15, 0.2) is 5.96 Å². The summed E-state index contributed by atoms with van der Waals surface area (Å²) in [5, 5.41) is 9.59. The molecule has 152 valence electrons. The Morgan fingerprint density at radius 3 is 2.81 bits per heavy atom. The smallest absolute Gasteiger partial charge is 0.253 e. The number of anilines is 1. The Balaban J connectivity index is 0.00000364. The van der Waals surface area contributed by atoms with Gasteiger partial charge in [0.25, 0.3) is 5.91 Å². The largest absolute Gasteiger partial charge is 0.368 e. The summed E-state index contributed by atoms with van der Waals surface area (Å²) in [6, 6.07) is 7.86. The monoisotopic (exact) mass is 488 g/mol. The zero-order valence-corrected chi connectivity index (χ0v) is 18.8. The molecule has 0 saturated carbocycles. The summed E-state index contributed by atoms with van der Waals surface area (Å²) in [7, 11) is 1.78. The van der Waals surface area contributed by atoms with Crippen molar-refractivity contribution in [1.29, 1.82) is 0 Å². The minimum atomic E-state index is -0.312. The molecule has 1 aromatic rings. The minimum absolute atomic E-state index is 0. The van der Waals surface area contributed by atoms with E-state index in [0.29, 0.717) is 13.2 Å². The molecule has 0 bridgehead atoms. The summed E-state index contributed by atoms with van der Waals surface area (Å²) in [5.74, 6) is 0.743. The van der Waals surface area contributed by atoms with E-state index in [4.69, 9.17) is 4.74 Å². The lowest BCUT2D eigenvalue weighted by molar-refractivity contribution is -0.124. The fourth-order valence-corrected chi connectivity index (χ4v) is 2.93. The molecule has 1 amide bonds. The molecule has 0 spiro atoms. The summed E-state index contributed by atoms with van der Waals surface area (Å²) in [6.45, 7) is 4.47. The number of hydrogen-bond acceptors (Lipinski definition) is 3. The molecule has 0 radical (unpaired) electrons. The lowest BCUT2D eigenvalue weighted by Crippen LogP contribution is -2.37. The van der Waals surface area contributed by atoms with Gasteiger partial charge in [0.05, 0.1) is 0 Å². The molecule has 1 atom stereocenters. The molecule has 2 rings (SSSR count). The third-order valence-corrected chi connectivity index (χ3v) is 4.42. The first-order valence-electron chi connectivity index (χ1n) is 9.69. The summed E-state index contributed by atoms with van der Waals surface area (Å²) in [6.07, 6.45) is 6.35. The third kappa shape index (κ3) is 8.92. The standard InChI is InChI=1S/C20H32N4O2.HI/c1-3-4-5-6-12-22-20(21-2)23-15-16-9-7-10-17(14-16)24-19(25)18-11-8-13-26-18;/h7,9-10,14,18H,3-6,8,11-13,15H2,1-2H3,(H,24,25)(H2,21,22,23);1H. The fraction of sp³-hybridized carbons (Fsp3) is 0.600. The van der Waals surface area contributed by atoms with Crippen LogP contribution in [-0.2, 0) is 16.1 Å². The summed E-state index contributed by atoms with van der Waals surface area (Å²) in [4.78, 5) is 16.4. The van der Waals surface area contributed by atoms with E-state index >= 15 is 0 Å². The molecule has 1 heterocycles. The third-order valence-electron chi connectivity index (χ3n) is 4.42. The summed E-state index contributed by atoms with van der Waals surface area (Å²) in [5.41, 5.74) is 1.89. The molecular formula is C20H33IN4O2. The highest BCUT2D eigenvalue weighted by atomic mass is 127. The van der Waals surface area contributed by atoms with E-state index in [1.165, 1.54) is 19.3 Å². The maximum atomic E-state index is 12.2. The predicted octanol–water partition coefficient (Wildman–Crippen LogP) is 3.67. The van der Waals surface area contributed by atoms with Crippen LogP contribution in [0, 0.1) is 0 Å². The number of halogens is 1. The number of carbonyl (C=O) groups is 1. The molecule has 1 saturated heterocycles. The van der Waals surface area contributed by atoms with Crippen LogP contribution in [0.25, 0.3) is 0 Å². The second-order valence-corrected chi connectivity index (χ2v) is 6.60. The van der Waals surface area contributed by atoms with E-state index in [1.807, 2.05) is 24.3 Å². The van der Waals surface area contributed by atoms with Gasteiger partial charge in [-0.05, 0) is 37.0 Å². The van der Waals surface area contributed by atoms with Gasteiger partial charge in [0.1, 0.15) is 6.10 Å². The quantitative estimate of drug-likeness (QED) is 0.215. The van der Waals surface area contributed by atoms with Crippen LogP contribution in [0.15, 0.2) is 29.3 Å². The number of benzene rings is 1. The molecule has 1 fully saturated rings. The Bertz CT molecular complexity index is 589. The Morgan fingerprint density at radius 1 is 1.26 bits per heavy atom. The first kappa shape index (κ1) is 23.7. The van der Waals surface area contributed by atoms with Gasteiger partial charge in [-0.3, -0.25) is 9.79 Å². The maximum Gasteiger partial charge on any atom is 0.253 e. The van der Waals surface area contributed by atoms with Crippen molar-refractivity contribution in [3.8, 4) is 0 Å². The van der Waals surface area contributed by atoms with Gasteiger partial charge in [-0.15, -0.1) is 24.0 Å². The normalized spacial score (nSPS) is 16.5. The average molecular weight is 488 g/mol. The number of unbranched alkanes of at least 4 members (excludes halogenated alkanes) is 3. The second kappa shape index (κ2) is 13.8. The van der Waals surface area contributed by atoms with E-state index in [1.54, 1.807) is 7.05 Å². The number of rotatable bonds is 9. The van der Waals surface area contributed by atoms with Gasteiger partial charge >= 0.3 is 0 Å². The van der Waals surface area contributed by atoms with Gasteiger partial charge in [0.2, 0.25) is 0 Å². The number of ether oxygens (including phenoxy) is 1. The molecule has 1 aliphatic rings. The Labute approximate surface area is 179 Å². The van der Waals surface area contributed by atoms with Gasteiger partial charge in [0, 0.05) is 32.4 Å². The van der Waals surface area contributed by atoms with Crippen molar-refractivity contribution >= 4 is 41.5 Å². The van der Waals surface area contributed by atoms with Gasteiger partial charge in [-0.1, -0.05) is 38.3 Å². The van der Waals surface area contributed by atoms with E-state index in [9.17, 15) is 4.79 Å². The number of nitrogens with one attached hydrogen (secondary N) is 3. The van der Waals surface area contributed by atoms with Crippen molar-refractivity contribution in [2.24, 2.45) is 4.99 Å². The number of aliphatic imine (C=N–C) groups is 1. The van der Waals surface area contributed by atoms with Crippen LogP contribution in [0.2, 0.25) is 0 Å². The van der Waals surface area contributed by atoms with Gasteiger partial charge in [-0.2, -0.15) is 0 Å². The molecule has 0 aliphatic carbocycles. The predicted molar refractivity (Wildman–Crippen MR) is 122 cm³/mol. The number of guanidine groups is 1. The topological polar surface area (TPSA) is 74.8 Å². The van der Waals surface area contributed by atoms with Crippen LogP contribution in [-0.4, -0.2) is 38.2 Å². The van der Waals surface area contributed by atoms with Crippen LogP contribution < -0.4 is 16.0 Å². The van der Waals surface area contributed by atoms with Crippen molar-refractivity contribution in [2.75, 3.05) is 25.5 Å². The molecule has 27 heavy (non-hydrogen) atoms. The van der Waals surface area contributed by atoms with Crippen molar-refractivity contribution in [1.82, 2.24) is 10.6 Å². The van der Waals surface area contributed by atoms with Crippen molar-refractivity contribution in [2.45, 2.75) is 58.1 Å². The Hall–Kier alpha value is -1.35. The molecule has 6 nitrogen and oxygen atoms in total. The number of amides is 1. The Kier molecular flexibility index (Phi) is 12.1. The van der Waals surface area contributed by atoms with Crippen LogP contribution >= 0.6 is 24.0 Å². The highest BCUT2D eigenvalue weighted by Crippen LogP contribution is 2.16. The highest BCUT2D eigenvalue weighted by Gasteiger charge is 2.23. The van der Waals surface area contributed by atoms with E-state index in [0.717, 1.165) is 43.0 Å². The van der Waals surface area contributed by atoms with Crippen LogP contribution in [0.3, 0.4) is 0 Å². The lowest BCUT2D eigenvalue weighted by Gasteiger charge is -2.13. The number of carbonyl (C=O) groups excluding carboxylic acids is 1. The van der Waals surface area contributed by atoms with Crippen LogP contribution in [0.1, 0.15) is 51.0 Å². The molecule has 1 unspecified atom stereocenters. The second-order valence-electron chi connectivity index (χ2n) is 6.60. The van der Waals surface area contributed by atoms with Crippen LogP contribution in [0.5, 0.6) is 0 Å². The van der Waals surface area contributed by atoms with Gasteiger partial charge in [-0.25, -0.2) is 0 Å². The average Bonchev–Trinajstić information content (AvgIpc) is 3.19. The molecular weight excluding hydrogens is 455 g/mol. The fourth-order valence-electron chi connectivity index (χ4n) is 2.93. The molecule has 7 heteroatoms. The minimum Gasteiger partial charge on any atom is -0.368 e. The lowest BCUT2D eigenvalue weighted by atomic mass is 10.2. The SMILES string of the molecule is CCCCCCNC(=NC)NCc1cccc(NC(=O)C2CCCO2)c1.I. The van der Waals surface area contributed by atoms with Crippen LogP contribution in [0.4, 0.5) is 5.69 Å². The zero-order valence-electron chi connectivity index (χ0n) is 16.4. The zero-order chi connectivity index (χ0) is 18.6. The summed E-state index contributed by atoms with van der Waals surface area (Å²) >= 11 is 0. The van der Waals surface area contributed by atoms with E-state index in [2.05, 4.69) is 27.9 Å². The van der Waals surface area contributed by atoms with Crippen molar-refractivity contribution in [3.63, 3.8) is 0 Å². The molecule has 0 aromatic heterocycles. The van der Waals surface area contributed by atoms with Crippen molar-refractivity contribution in [3.05, 3.63) is 29.8 Å². The molecule has 3 N–H and O–H groups in total. The maximum absolute atomic E-state index is 12.2. The van der Waals surface area contributed by atoms with Gasteiger partial charge < -0.3 is 20.7 Å². The number of hydrogen-bond donors (Lipinski definition) is 3. The van der Waals surface area contributed by atoms with E-state index in [-0.39, 0.29) is 36.0 Å². The number of nitrogens with zero attached hydrogens (tertiary/aromatic N) is 1. The van der Waals surface area contributed by atoms with Crippen molar-refractivity contribution < 1.29 is 9.53 Å². The first-order chi connectivity index (χ1) is 12.7. The van der Waals surface area contributed by atoms with E-state index < -0.39 is 0 Å². The summed E-state index contributed by atoms with van der Waals surface area (Å²) < 4.78 is 5.42. The Morgan fingerprint density at radius 2 is 2.11 bits per heavy atom. The first-order valence-corrected chi connectivity index (χ1v) is 9.69. The highest BCUT2D eigenvalue weighted by molar-refractivity contribution is 14.0. The molecule has 1 aliphatic heterocycles.